The van der Waals surface area contributed by atoms with E-state index >= 15 is 0 Å². The number of epoxide rings is 1. The van der Waals surface area contributed by atoms with Gasteiger partial charge in [-0.2, -0.15) is 0 Å². The Hall–Kier alpha value is -0.650. The third kappa shape index (κ3) is 2.87. The Morgan fingerprint density at radius 2 is 1.85 bits per heavy atom. The highest BCUT2D eigenvalue weighted by Crippen LogP contribution is 2.67. The van der Waals surface area contributed by atoms with Crippen molar-refractivity contribution in [3.8, 4) is 0 Å². The van der Waals surface area contributed by atoms with Gasteiger partial charge in [-0.25, -0.2) is 0 Å². The van der Waals surface area contributed by atoms with Gasteiger partial charge in [0, 0.05) is 6.92 Å². The first-order valence-electron chi connectivity index (χ1n) is 10.7. The summed E-state index contributed by atoms with van der Waals surface area (Å²) in [6.45, 7) is 11.2. The van der Waals surface area contributed by atoms with Gasteiger partial charge in [-0.1, -0.05) is 27.2 Å². The molecule has 5 nitrogen and oxygen atoms in total. The maximum atomic E-state index is 11.4. The predicted octanol–water partition coefficient (Wildman–Crippen LogP) is 3.47. The zero-order valence-electron chi connectivity index (χ0n) is 17.5. The highest BCUT2D eigenvalue weighted by Gasteiger charge is 2.70. The standard InChI is InChI=1S/C22H36O5/c1-14(24)25-13-22(18(12-23)27-22)17-11-16-20(4)9-6-8-19(2,3)15(20)7-10-21(16,5)26-17/h15-18,23H,6-13H2,1-5H3/t15-,16+,17-,18-,20-,21+,22+/m0/s1. The summed E-state index contributed by atoms with van der Waals surface area (Å²) < 4.78 is 17.9. The molecule has 0 aromatic heterocycles. The molecule has 4 fully saturated rings. The van der Waals surface area contributed by atoms with Crippen molar-refractivity contribution in [3.05, 3.63) is 0 Å². The fourth-order valence-electron chi connectivity index (χ4n) is 7.29. The van der Waals surface area contributed by atoms with Crippen LogP contribution in [0.2, 0.25) is 0 Å². The van der Waals surface area contributed by atoms with E-state index in [-0.39, 0.29) is 42.4 Å². The van der Waals surface area contributed by atoms with Crippen molar-refractivity contribution in [1.82, 2.24) is 0 Å². The monoisotopic (exact) mass is 380 g/mol. The summed E-state index contributed by atoms with van der Waals surface area (Å²) in [5.41, 5.74) is -0.170. The van der Waals surface area contributed by atoms with Crippen LogP contribution in [0.4, 0.5) is 0 Å². The second-order valence-electron chi connectivity index (χ2n) is 10.7. The Labute approximate surface area is 163 Å². The molecule has 2 aliphatic heterocycles. The molecular formula is C22H36O5. The van der Waals surface area contributed by atoms with E-state index in [2.05, 4.69) is 27.7 Å². The van der Waals surface area contributed by atoms with Gasteiger partial charge in [0.25, 0.3) is 0 Å². The molecule has 27 heavy (non-hydrogen) atoms. The fourth-order valence-corrected chi connectivity index (χ4v) is 7.29. The molecule has 4 aliphatic rings. The molecule has 0 amide bonds. The lowest BCUT2D eigenvalue weighted by molar-refractivity contribution is -0.163. The van der Waals surface area contributed by atoms with Crippen LogP contribution < -0.4 is 0 Å². The van der Waals surface area contributed by atoms with Gasteiger partial charge < -0.3 is 19.3 Å². The molecule has 5 heteroatoms. The van der Waals surface area contributed by atoms with Crippen molar-refractivity contribution < 1.29 is 24.1 Å². The summed E-state index contributed by atoms with van der Waals surface area (Å²) in [6.07, 6.45) is 6.66. The van der Waals surface area contributed by atoms with Gasteiger partial charge in [0.1, 0.15) is 12.7 Å². The molecule has 0 aromatic rings. The van der Waals surface area contributed by atoms with Crippen molar-refractivity contribution in [3.63, 3.8) is 0 Å². The maximum absolute atomic E-state index is 11.4. The summed E-state index contributed by atoms with van der Waals surface area (Å²) in [7, 11) is 0. The third-order valence-corrected chi connectivity index (χ3v) is 8.66. The number of rotatable bonds is 4. The van der Waals surface area contributed by atoms with Gasteiger partial charge in [-0.3, -0.25) is 4.79 Å². The number of hydrogen-bond acceptors (Lipinski definition) is 5. The lowest BCUT2D eigenvalue weighted by Crippen LogP contribution is -2.55. The second kappa shape index (κ2) is 6.17. The Morgan fingerprint density at radius 1 is 1.11 bits per heavy atom. The third-order valence-electron chi connectivity index (χ3n) is 8.66. The molecule has 2 saturated carbocycles. The van der Waals surface area contributed by atoms with Gasteiger partial charge in [-0.05, 0) is 61.7 Å². The molecule has 0 unspecified atom stereocenters. The average molecular weight is 381 g/mol. The smallest absolute Gasteiger partial charge is 0.302 e. The number of carbonyl (C=O) groups is 1. The molecule has 0 aromatic carbocycles. The largest absolute Gasteiger partial charge is 0.463 e. The van der Waals surface area contributed by atoms with Crippen molar-refractivity contribution in [2.75, 3.05) is 13.2 Å². The molecule has 7 atom stereocenters. The number of aliphatic hydroxyl groups is 1. The van der Waals surface area contributed by atoms with Gasteiger partial charge in [0.15, 0.2) is 5.60 Å². The fraction of sp³-hybridized carbons (Fsp3) is 0.955. The van der Waals surface area contributed by atoms with Crippen molar-refractivity contribution in [2.24, 2.45) is 22.7 Å². The van der Waals surface area contributed by atoms with Gasteiger partial charge in [0.05, 0.1) is 18.3 Å². The van der Waals surface area contributed by atoms with E-state index in [0.717, 1.165) is 18.8 Å². The molecule has 0 radical (unpaired) electrons. The molecule has 2 saturated heterocycles. The van der Waals surface area contributed by atoms with Gasteiger partial charge in [-0.15, -0.1) is 0 Å². The number of carbonyl (C=O) groups excluding carboxylic acids is 1. The van der Waals surface area contributed by atoms with Crippen LogP contribution in [0, 0.1) is 22.7 Å². The van der Waals surface area contributed by atoms with Crippen LogP contribution in [-0.4, -0.2) is 47.7 Å². The van der Waals surface area contributed by atoms with Crippen LogP contribution in [0.1, 0.15) is 73.1 Å². The zero-order valence-corrected chi connectivity index (χ0v) is 17.5. The molecular weight excluding hydrogens is 344 g/mol. The van der Waals surface area contributed by atoms with Crippen LogP contribution in [0.15, 0.2) is 0 Å². The number of ether oxygens (including phenoxy) is 3. The SMILES string of the molecule is CC(=O)OC[C@]1([C@@H]2C[C@@H]3[C@@]4(C)CCCC(C)(C)[C@@H]4CC[C@@]3(C)O2)O[C@H]1CO. The predicted molar refractivity (Wildman–Crippen MR) is 101 cm³/mol. The summed E-state index contributed by atoms with van der Waals surface area (Å²) >= 11 is 0. The lowest BCUT2D eigenvalue weighted by Gasteiger charge is -2.60. The molecule has 2 aliphatic carbocycles. The summed E-state index contributed by atoms with van der Waals surface area (Å²) in [4.78, 5) is 11.4. The quantitative estimate of drug-likeness (QED) is 0.597. The van der Waals surface area contributed by atoms with Crippen molar-refractivity contribution >= 4 is 5.97 Å². The Bertz CT molecular complexity index is 618. The molecule has 0 spiro atoms. The zero-order chi connectivity index (χ0) is 19.7. The maximum Gasteiger partial charge on any atom is 0.302 e. The highest BCUT2D eigenvalue weighted by molar-refractivity contribution is 5.66. The summed E-state index contributed by atoms with van der Waals surface area (Å²) in [5, 5.41) is 9.68. The normalized spacial score (nSPS) is 50.6. The average Bonchev–Trinajstić information content (AvgIpc) is 3.18. The minimum atomic E-state index is -0.670. The first-order valence-corrected chi connectivity index (χ1v) is 10.7. The van der Waals surface area contributed by atoms with E-state index in [9.17, 15) is 9.90 Å². The van der Waals surface area contributed by atoms with Crippen LogP contribution in [-0.2, 0) is 19.0 Å². The molecule has 2 heterocycles. The van der Waals surface area contributed by atoms with E-state index in [1.807, 2.05) is 0 Å². The lowest BCUT2D eigenvalue weighted by atomic mass is 9.45. The minimum Gasteiger partial charge on any atom is -0.463 e. The van der Waals surface area contributed by atoms with Gasteiger partial charge >= 0.3 is 5.97 Å². The molecule has 154 valence electrons. The van der Waals surface area contributed by atoms with E-state index in [4.69, 9.17) is 14.2 Å². The van der Waals surface area contributed by atoms with Crippen molar-refractivity contribution in [1.29, 1.82) is 0 Å². The Kier molecular flexibility index (Phi) is 4.49. The van der Waals surface area contributed by atoms with Crippen LogP contribution in [0.3, 0.4) is 0 Å². The van der Waals surface area contributed by atoms with Crippen LogP contribution in [0.5, 0.6) is 0 Å². The topological polar surface area (TPSA) is 68.3 Å². The van der Waals surface area contributed by atoms with Crippen LogP contribution in [0.25, 0.3) is 0 Å². The van der Waals surface area contributed by atoms with E-state index in [0.29, 0.717) is 11.3 Å². The molecule has 0 bridgehead atoms. The molecule has 1 N–H and O–H groups in total. The van der Waals surface area contributed by atoms with E-state index < -0.39 is 5.60 Å². The minimum absolute atomic E-state index is 0.0601. The highest BCUT2D eigenvalue weighted by atomic mass is 16.7. The first-order chi connectivity index (χ1) is 12.6. The van der Waals surface area contributed by atoms with Gasteiger partial charge in [0.2, 0.25) is 0 Å². The van der Waals surface area contributed by atoms with E-state index in [1.165, 1.54) is 32.6 Å². The molecule has 4 rings (SSSR count). The van der Waals surface area contributed by atoms with E-state index in [1.54, 1.807) is 0 Å². The summed E-state index contributed by atoms with van der Waals surface area (Å²) in [5.74, 6) is 0.882. The first kappa shape index (κ1) is 19.7. The number of fused-ring (bicyclic) bond motifs is 3. The second-order valence-corrected chi connectivity index (χ2v) is 10.7. The number of hydrogen-bond donors (Lipinski definition) is 1. The number of esters is 1. The Balaban J connectivity index is 1.60. The summed E-state index contributed by atoms with van der Waals surface area (Å²) in [6, 6.07) is 0. The van der Waals surface area contributed by atoms with Crippen LogP contribution >= 0.6 is 0 Å². The Morgan fingerprint density at radius 3 is 2.48 bits per heavy atom. The van der Waals surface area contributed by atoms with Crippen molar-refractivity contribution in [2.45, 2.75) is 96.6 Å². The number of aliphatic hydroxyl groups excluding tert-OH is 1.